The largest absolute Gasteiger partial charge is 0.469 e. The zero-order chi connectivity index (χ0) is 21.1. The molecule has 30 heavy (non-hydrogen) atoms. The second-order valence-corrected chi connectivity index (χ2v) is 7.00. The van der Waals surface area contributed by atoms with E-state index in [1.54, 1.807) is 11.0 Å². The predicted octanol–water partition coefficient (Wildman–Crippen LogP) is 3.72. The Balaban J connectivity index is 1.61. The fourth-order valence-electron chi connectivity index (χ4n) is 3.66. The molecule has 1 aliphatic rings. The van der Waals surface area contributed by atoms with Crippen LogP contribution >= 0.6 is 0 Å². The van der Waals surface area contributed by atoms with Crippen LogP contribution in [0, 0.1) is 16.0 Å². The molecular formula is C21H20N4O5. The lowest BCUT2D eigenvalue weighted by Gasteiger charge is -2.31. The Morgan fingerprint density at radius 1 is 1.13 bits per heavy atom. The number of rotatable bonds is 5. The van der Waals surface area contributed by atoms with E-state index >= 15 is 0 Å². The maximum Gasteiger partial charge on any atom is 0.373 e. The molecule has 0 N–H and O–H groups in total. The summed E-state index contributed by atoms with van der Waals surface area (Å²) in [6.07, 6.45) is 2.33. The van der Waals surface area contributed by atoms with Crippen molar-refractivity contribution in [1.29, 1.82) is 0 Å². The molecule has 0 unspecified atom stereocenters. The van der Waals surface area contributed by atoms with E-state index in [0.29, 0.717) is 31.7 Å². The summed E-state index contributed by atoms with van der Waals surface area (Å²) in [7, 11) is 1.36. The summed E-state index contributed by atoms with van der Waals surface area (Å²) in [6, 6.07) is 13.2. The van der Waals surface area contributed by atoms with Crippen LogP contribution in [0.15, 0.2) is 48.8 Å². The van der Waals surface area contributed by atoms with Crippen molar-refractivity contribution in [3.05, 3.63) is 58.9 Å². The first-order valence-corrected chi connectivity index (χ1v) is 9.55. The van der Waals surface area contributed by atoms with Crippen molar-refractivity contribution in [2.45, 2.75) is 12.8 Å². The predicted molar refractivity (Wildman–Crippen MR) is 110 cm³/mol. The van der Waals surface area contributed by atoms with Gasteiger partial charge in [-0.3, -0.25) is 14.9 Å². The molecule has 0 spiro atoms. The van der Waals surface area contributed by atoms with Gasteiger partial charge in [0, 0.05) is 13.1 Å². The van der Waals surface area contributed by atoms with Gasteiger partial charge in [0.25, 0.3) is 0 Å². The van der Waals surface area contributed by atoms with Gasteiger partial charge in [-0.2, -0.15) is 4.98 Å². The Hall–Kier alpha value is -3.75. The normalized spacial score (nSPS) is 14.5. The topological polar surface area (TPSA) is 108 Å². The molecule has 1 aromatic heterocycles. The smallest absolute Gasteiger partial charge is 0.373 e. The number of benzene rings is 2. The van der Waals surface area contributed by atoms with Gasteiger partial charge in [-0.05, 0) is 35.7 Å². The molecule has 1 aliphatic heterocycles. The third kappa shape index (κ3) is 3.86. The summed E-state index contributed by atoms with van der Waals surface area (Å²) in [5.41, 5.74) is -0.290. The standard InChI is InChI=1S/C21H20N4O5/c1-29-21(26)15-8-10-24(11-9-15)19-18(25(27)28)20(23-13-22-19)30-17-7-6-14-4-2-3-5-16(14)12-17/h2-7,12-13,15H,8-11H2,1H3. The Labute approximate surface area is 172 Å². The second-order valence-electron chi connectivity index (χ2n) is 7.00. The molecule has 2 heterocycles. The molecule has 0 aliphatic carbocycles. The molecule has 0 atom stereocenters. The first kappa shape index (κ1) is 19.6. The molecule has 154 valence electrons. The van der Waals surface area contributed by atoms with Gasteiger partial charge >= 0.3 is 17.5 Å². The molecule has 9 heteroatoms. The van der Waals surface area contributed by atoms with E-state index in [9.17, 15) is 14.9 Å². The summed E-state index contributed by atoms with van der Waals surface area (Å²) < 4.78 is 10.6. The van der Waals surface area contributed by atoms with Gasteiger partial charge in [0.15, 0.2) is 0 Å². The highest BCUT2D eigenvalue weighted by Crippen LogP contribution is 2.38. The molecule has 3 aromatic rings. The maximum atomic E-state index is 11.9. The molecule has 0 bridgehead atoms. The van der Waals surface area contributed by atoms with Gasteiger partial charge in [0.2, 0.25) is 5.82 Å². The van der Waals surface area contributed by atoms with E-state index in [-0.39, 0.29) is 29.3 Å². The van der Waals surface area contributed by atoms with Crippen LogP contribution < -0.4 is 9.64 Å². The molecule has 0 saturated carbocycles. The van der Waals surface area contributed by atoms with E-state index in [4.69, 9.17) is 9.47 Å². The molecular weight excluding hydrogens is 388 g/mol. The number of aromatic nitrogens is 2. The van der Waals surface area contributed by atoms with Crippen LogP contribution in [-0.2, 0) is 9.53 Å². The van der Waals surface area contributed by atoms with Crippen LogP contribution in [0.1, 0.15) is 12.8 Å². The number of fused-ring (bicyclic) bond motifs is 1. The lowest BCUT2D eigenvalue weighted by Crippen LogP contribution is -2.37. The average molecular weight is 408 g/mol. The molecule has 0 radical (unpaired) electrons. The fourth-order valence-corrected chi connectivity index (χ4v) is 3.66. The lowest BCUT2D eigenvalue weighted by molar-refractivity contribution is -0.385. The highest BCUT2D eigenvalue weighted by Gasteiger charge is 2.33. The van der Waals surface area contributed by atoms with Gasteiger partial charge in [0.05, 0.1) is 18.0 Å². The van der Waals surface area contributed by atoms with Crippen molar-refractivity contribution in [1.82, 2.24) is 9.97 Å². The van der Waals surface area contributed by atoms with Gasteiger partial charge in [-0.1, -0.05) is 30.3 Å². The molecule has 9 nitrogen and oxygen atoms in total. The van der Waals surface area contributed by atoms with Gasteiger partial charge in [-0.25, -0.2) is 4.98 Å². The van der Waals surface area contributed by atoms with Crippen molar-refractivity contribution in [2.24, 2.45) is 5.92 Å². The van der Waals surface area contributed by atoms with Crippen LogP contribution in [0.25, 0.3) is 10.8 Å². The Kier molecular flexibility index (Phi) is 5.42. The number of piperidine rings is 1. The minimum atomic E-state index is -0.530. The van der Waals surface area contributed by atoms with Crippen LogP contribution in [0.3, 0.4) is 0 Å². The van der Waals surface area contributed by atoms with E-state index in [2.05, 4.69) is 9.97 Å². The number of esters is 1. The quantitative estimate of drug-likeness (QED) is 0.357. The first-order valence-electron chi connectivity index (χ1n) is 9.55. The number of hydrogen-bond donors (Lipinski definition) is 0. The number of anilines is 1. The Bertz CT molecular complexity index is 1100. The van der Waals surface area contributed by atoms with Crippen molar-refractivity contribution in [2.75, 3.05) is 25.1 Å². The monoisotopic (exact) mass is 408 g/mol. The van der Waals surface area contributed by atoms with Crippen molar-refractivity contribution >= 4 is 28.2 Å². The Morgan fingerprint density at radius 3 is 2.57 bits per heavy atom. The summed E-state index contributed by atoms with van der Waals surface area (Å²) >= 11 is 0. The van der Waals surface area contributed by atoms with E-state index in [1.165, 1.54) is 13.4 Å². The number of methoxy groups -OCH3 is 1. The molecule has 1 saturated heterocycles. The van der Waals surface area contributed by atoms with Crippen molar-refractivity contribution in [3.8, 4) is 11.6 Å². The number of carbonyl (C=O) groups is 1. The fraction of sp³-hybridized carbons (Fsp3) is 0.286. The maximum absolute atomic E-state index is 11.9. The first-order chi connectivity index (χ1) is 14.6. The molecule has 0 amide bonds. The summed E-state index contributed by atoms with van der Waals surface area (Å²) in [5.74, 6) is 0.0583. The van der Waals surface area contributed by atoms with Crippen LogP contribution in [0.4, 0.5) is 11.5 Å². The van der Waals surface area contributed by atoms with E-state index < -0.39 is 4.92 Å². The van der Waals surface area contributed by atoms with Gasteiger partial charge < -0.3 is 14.4 Å². The number of hydrogen-bond acceptors (Lipinski definition) is 8. The SMILES string of the molecule is COC(=O)C1CCN(c2ncnc(Oc3ccc4ccccc4c3)c2[N+](=O)[O-])CC1. The van der Waals surface area contributed by atoms with Crippen molar-refractivity contribution < 1.29 is 19.2 Å². The zero-order valence-electron chi connectivity index (χ0n) is 16.4. The lowest BCUT2D eigenvalue weighted by atomic mass is 9.97. The van der Waals surface area contributed by atoms with Crippen LogP contribution in [0.5, 0.6) is 11.6 Å². The second kappa shape index (κ2) is 8.32. The molecule has 1 fully saturated rings. The summed E-state index contributed by atoms with van der Waals surface area (Å²) in [4.78, 5) is 33.0. The number of ether oxygens (including phenoxy) is 2. The van der Waals surface area contributed by atoms with E-state index in [1.807, 2.05) is 36.4 Å². The highest BCUT2D eigenvalue weighted by molar-refractivity contribution is 5.83. The van der Waals surface area contributed by atoms with Crippen molar-refractivity contribution in [3.63, 3.8) is 0 Å². The van der Waals surface area contributed by atoms with Gasteiger partial charge in [-0.15, -0.1) is 0 Å². The third-order valence-corrected chi connectivity index (χ3v) is 5.22. The third-order valence-electron chi connectivity index (χ3n) is 5.22. The number of carbonyl (C=O) groups excluding carboxylic acids is 1. The zero-order valence-corrected chi connectivity index (χ0v) is 16.4. The average Bonchev–Trinajstić information content (AvgIpc) is 2.78. The van der Waals surface area contributed by atoms with Crippen LogP contribution in [0.2, 0.25) is 0 Å². The molecule has 4 rings (SSSR count). The summed E-state index contributed by atoms with van der Waals surface area (Å²) in [5, 5.41) is 13.8. The van der Waals surface area contributed by atoms with Gasteiger partial charge in [0.1, 0.15) is 12.1 Å². The number of nitrogens with zero attached hydrogens (tertiary/aromatic N) is 4. The summed E-state index contributed by atoms with van der Waals surface area (Å²) in [6.45, 7) is 0.903. The highest BCUT2D eigenvalue weighted by atomic mass is 16.6. The minimum Gasteiger partial charge on any atom is -0.469 e. The van der Waals surface area contributed by atoms with E-state index in [0.717, 1.165) is 10.8 Å². The molecule has 2 aromatic carbocycles. The Morgan fingerprint density at radius 2 is 1.87 bits per heavy atom. The number of nitro groups is 1. The van der Waals surface area contributed by atoms with Crippen LogP contribution in [-0.4, -0.2) is 41.1 Å². The minimum absolute atomic E-state index is 0.115.